The van der Waals surface area contributed by atoms with E-state index in [0.29, 0.717) is 12.1 Å². The Morgan fingerprint density at radius 1 is 0.970 bits per heavy atom. The number of rotatable bonds is 7. The highest BCUT2D eigenvalue weighted by Crippen LogP contribution is 2.34. The molecule has 7 nitrogen and oxygen atoms in total. The third kappa shape index (κ3) is 5.72. The molecular formula is C24H30FN3O4S. The van der Waals surface area contributed by atoms with Crippen molar-refractivity contribution in [1.82, 2.24) is 10.2 Å². The highest BCUT2D eigenvalue weighted by atomic mass is 32.2. The minimum atomic E-state index is -3.85. The fraction of sp³-hybridized carbons (Fsp3) is 0.458. The second kappa shape index (κ2) is 10.2. The van der Waals surface area contributed by atoms with Crippen LogP contribution in [0.1, 0.15) is 42.5 Å². The highest BCUT2D eigenvalue weighted by Gasteiger charge is 2.38. The van der Waals surface area contributed by atoms with E-state index in [0.717, 1.165) is 52.0 Å². The predicted octanol–water partition coefficient (Wildman–Crippen LogP) is 3.39. The number of hydrogen-bond acceptors (Lipinski definition) is 5. The van der Waals surface area contributed by atoms with Crippen LogP contribution in [-0.2, 0) is 14.8 Å². The van der Waals surface area contributed by atoms with Crippen LogP contribution in [-0.4, -0.2) is 57.6 Å². The van der Waals surface area contributed by atoms with Crippen molar-refractivity contribution < 1.29 is 22.3 Å². The van der Waals surface area contributed by atoms with Crippen molar-refractivity contribution in [2.75, 3.05) is 37.6 Å². The van der Waals surface area contributed by atoms with E-state index in [1.165, 1.54) is 55.0 Å². The van der Waals surface area contributed by atoms with E-state index in [4.69, 9.17) is 4.74 Å². The molecule has 1 saturated carbocycles. The van der Waals surface area contributed by atoms with Gasteiger partial charge in [0.25, 0.3) is 15.9 Å². The number of carbonyl (C=O) groups is 1. The van der Waals surface area contributed by atoms with Gasteiger partial charge in [-0.3, -0.25) is 14.4 Å². The first kappa shape index (κ1) is 23.7. The number of anilines is 1. The largest absolute Gasteiger partial charge is 0.379 e. The number of sulfonamides is 1. The molecule has 2 aromatic carbocycles. The molecule has 0 atom stereocenters. The van der Waals surface area contributed by atoms with Gasteiger partial charge in [-0.1, -0.05) is 19.3 Å². The maximum atomic E-state index is 13.1. The lowest BCUT2D eigenvalue weighted by Crippen LogP contribution is -2.59. The van der Waals surface area contributed by atoms with Crippen LogP contribution in [0.5, 0.6) is 0 Å². The Bertz CT molecular complexity index is 1050. The molecule has 1 aliphatic carbocycles. The van der Waals surface area contributed by atoms with Crippen LogP contribution in [0.3, 0.4) is 0 Å². The van der Waals surface area contributed by atoms with Gasteiger partial charge >= 0.3 is 0 Å². The van der Waals surface area contributed by atoms with Crippen LogP contribution in [0.15, 0.2) is 53.4 Å². The van der Waals surface area contributed by atoms with Gasteiger partial charge in [-0.15, -0.1) is 0 Å². The van der Waals surface area contributed by atoms with Gasteiger partial charge in [0.05, 0.1) is 18.1 Å². The zero-order valence-corrected chi connectivity index (χ0v) is 19.4. The molecule has 0 radical (unpaired) electrons. The standard InChI is InChI=1S/C24H30FN3O4S/c25-20-6-8-21(9-7-20)27-33(30,31)22-10-4-19(5-11-22)23(29)26-18-24(12-2-1-3-13-24)28-14-16-32-17-15-28/h4-11,27H,1-3,12-18H2,(H,26,29). The second-order valence-corrected chi connectivity index (χ2v) is 10.4. The summed E-state index contributed by atoms with van der Waals surface area (Å²) in [4.78, 5) is 15.3. The smallest absolute Gasteiger partial charge is 0.261 e. The number of benzene rings is 2. The van der Waals surface area contributed by atoms with Gasteiger partial charge in [-0.25, -0.2) is 12.8 Å². The summed E-state index contributed by atoms with van der Waals surface area (Å²) in [5.74, 6) is -0.666. The van der Waals surface area contributed by atoms with Crippen molar-refractivity contribution in [2.24, 2.45) is 0 Å². The molecule has 0 aromatic heterocycles. The zero-order chi connectivity index (χ0) is 23.3. The number of amides is 1. The van der Waals surface area contributed by atoms with Crippen LogP contribution in [0.4, 0.5) is 10.1 Å². The topological polar surface area (TPSA) is 87.7 Å². The number of carbonyl (C=O) groups excluding carboxylic acids is 1. The van der Waals surface area contributed by atoms with E-state index in [1.54, 1.807) is 0 Å². The summed E-state index contributed by atoms with van der Waals surface area (Å²) >= 11 is 0. The quantitative estimate of drug-likeness (QED) is 0.641. The van der Waals surface area contributed by atoms with Crippen molar-refractivity contribution in [3.63, 3.8) is 0 Å². The summed E-state index contributed by atoms with van der Waals surface area (Å²) in [7, 11) is -3.85. The van der Waals surface area contributed by atoms with Gasteiger partial charge in [-0.2, -0.15) is 0 Å². The summed E-state index contributed by atoms with van der Waals surface area (Å²) in [6, 6.07) is 10.9. The van der Waals surface area contributed by atoms with Crippen LogP contribution in [0, 0.1) is 5.82 Å². The van der Waals surface area contributed by atoms with Crippen molar-refractivity contribution in [1.29, 1.82) is 0 Å². The molecule has 0 unspecified atom stereocenters. The number of ether oxygens (including phenoxy) is 1. The fourth-order valence-electron chi connectivity index (χ4n) is 4.72. The van der Waals surface area contributed by atoms with E-state index in [1.807, 2.05) is 0 Å². The number of morpholine rings is 1. The van der Waals surface area contributed by atoms with Gasteiger partial charge in [0.2, 0.25) is 0 Å². The van der Waals surface area contributed by atoms with Crippen molar-refractivity contribution in [3.8, 4) is 0 Å². The zero-order valence-electron chi connectivity index (χ0n) is 18.6. The number of hydrogen-bond donors (Lipinski definition) is 2. The predicted molar refractivity (Wildman–Crippen MR) is 124 cm³/mol. The van der Waals surface area contributed by atoms with Gasteiger partial charge in [0.15, 0.2) is 0 Å². The van der Waals surface area contributed by atoms with E-state index in [-0.39, 0.29) is 22.0 Å². The Kier molecular flexibility index (Phi) is 7.31. The molecule has 4 rings (SSSR count). The Labute approximate surface area is 194 Å². The van der Waals surface area contributed by atoms with Gasteiger partial charge in [-0.05, 0) is 61.4 Å². The van der Waals surface area contributed by atoms with E-state index in [9.17, 15) is 17.6 Å². The Balaban J connectivity index is 1.40. The molecule has 0 spiro atoms. The molecular weight excluding hydrogens is 445 g/mol. The maximum absolute atomic E-state index is 13.1. The molecule has 2 aliphatic rings. The summed E-state index contributed by atoms with van der Waals surface area (Å²) in [6.45, 7) is 3.76. The molecule has 1 saturated heterocycles. The third-order valence-corrected chi connectivity index (χ3v) is 7.96. The van der Waals surface area contributed by atoms with Crippen molar-refractivity contribution >= 4 is 21.6 Å². The van der Waals surface area contributed by atoms with Crippen LogP contribution >= 0.6 is 0 Å². The summed E-state index contributed by atoms with van der Waals surface area (Å²) in [5.41, 5.74) is 0.628. The number of nitrogens with zero attached hydrogens (tertiary/aromatic N) is 1. The van der Waals surface area contributed by atoms with Crippen LogP contribution in [0.2, 0.25) is 0 Å². The van der Waals surface area contributed by atoms with E-state index >= 15 is 0 Å². The Hall–Kier alpha value is -2.49. The Morgan fingerprint density at radius 2 is 1.61 bits per heavy atom. The molecule has 9 heteroatoms. The fourth-order valence-corrected chi connectivity index (χ4v) is 5.78. The molecule has 33 heavy (non-hydrogen) atoms. The van der Waals surface area contributed by atoms with E-state index < -0.39 is 15.8 Å². The molecule has 178 valence electrons. The van der Waals surface area contributed by atoms with E-state index in [2.05, 4.69) is 14.9 Å². The third-order valence-electron chi connectivity index (χ3n) is 6.57. The van der Waals surface area contributed by atoms with Gasteiger partial charge in [0, 0.05) is 36.4 Å². The molecule has 1 amide bonds. The molecule has 2 aromatic rings. The van der Waals surface area contributed by atoms with Crippen LogP contribution in [0.25, 0.3) is 0 Å². The average molecular weight is 476 g/mol. The van der Waals surface area contributed by atoms with Crippen molar-refractivity contribution in [2.45, 2.75) is 42.5 Å². The minimum absolute atomic E-state index is 0.0282. The SMILES string of the molecule is O=C(NCC1(N2CCOCC2)CCCCC1)c1ccc(S(=O)(=O)Nc2ccc(F)cc2)cc1. The average Bonchev–Trinajstić information content (AvgIpc) is 2.85. The first-order valence-electron chi connectivity index (χ1n) is 11.4. The normalized spacial score (nSPS) is 19.1. The van der Waals surface area contributed by atoms with Gasteiger partial charge in [0.1, 0.15) is 5.82 Å². The molecule has 2 fully saturated rings. The summed E-state index contributed by atoms with van der Waals surface area (Å²) in [6.07, 6.45) is 5.64. The lowest BCUT2D eigenvalue weighted by molar-refractivity contribution is -0.0361. The monoisotopic (exact) mass is 475 g/mol. The molecule has 2 N–H and O–H groups in total. The maximum Gasteiger partial charge on any atom is 0.261 e. The van der Waals surface area contributed by atoms with Crippen molar-refractivity contribution in [3.05, 3.63) is 59.9 Å². The second-order valence-electron chi connectivity index (χ2n) is 8.70. The lowest BCUT2D eigenvalue weighted by atomic mass is 9.79. The lowest BCUT2D eigenvalue weighted by Gasteiger charge is -2.48. The number of halogens is 1. The molecule has 1 heterocycles. The summed E-state index contributed by atoms with van der Waals surface area (Å²) < 4.78 is 46.2. The minimum Gasteiger partial charge on any atom is -0.379 e. The Morgan fingerprint density at radius 3 is 2.24 bits per heavy atom. The van der Waals surface area contributed by atoms with Gasteiger partial charge < -0.3 is 10.1 Å². The molecule has 0 bridgehead atoms. The first-order valence-corrected chi connectivity index (χ1v) is 12.9. The first-order chi connectivity index (χ1) is 15.9. The highest BCUT2D eigenvalue weighted by molar-refractivity contribution is 7.92. The number of nitrogens with one attached hydrogen (secondary N) is 2. The summed E-state index contributed by atoms with van der Waals surface area (Å²) in [5, 5.41) is 3.09. The van der Waals surface area contributed by atoms with Crippen LogP contribution < -0.4 is 10.0 Å². The molecule has 1 aliphatic heterocycles.